The fourth-order valence-corrected chi connectivity index (χ4v) is 3.32. The van der Waals surface area contributed by atoms with Crippen LogP contribution in [0.4, 0.5) is 5.69 Å². The third-order valence-corrected chi connectivity index (χ3v) is 4.46. The maximum atomic E-state index is 5.69. The first-order valence-corrected chi connectivity index (χ1v) is 8.25. The smallest absolute Gasteiger partial charge is 0.173 e. The lowest BCUT2D eigenvalue weighted by atomic mass is 10.2. The number of rotatable bonds is 4. The molecule has 114 valence electrons. The normalized spacial score (nSPS) is 14.7. The van der Waals surface area contributed by atoms with E-state index in [-0.39, 0.29) is 0 Å². The molecule has 4 heteroatoms. The molecule has 1 aliphatic carbocycles. The predicted molar refractivity (Wildman–Crippen MR) is 94.7 cm³/mol. The molecule has 22 heavy (non-hydrogen) atoms. The SMILES string of the molecule is S=C(Nc1ccccc1)N(Cc1cccnc1)C1CCCC1. The maximum Gasteiger partial charge on any atom is 0.173 e. The molecule has 1 saturated carbocycles. The highest BCUT2D eigenvalue weighted by molar-refractivity contribution is 7.80. The number of pyridine rings is 1. The van der Waals surface area contributed by atoms with Crippen LogP contribution < -0.4 is 5.32 Å². The molecule has 1 aliphatic rings. The fourth-order valence-electron chi connectivity index (χ4n) is 2.99. The Labute approximate surface area is 137 Å². The molecule has 0 atom stereocenters. The average Bonchev–Trinajstić information content (AvgIpc) is 3.08. The van der Waals surface area contributed by atoms with Gasteiger partial charge in [-0.2, -0.15) is 0 Å². The summed E-state index contributed by atoms with van der Waals surface area (Å²) in [5.41, 5.74) is 2.24. The first-order chi connectivity index (χ1) is 10.8. The Morgan fingerprint density at radius 2 is 1.91 bits per heavy atom. The highest BCUT2D eigenvalue weighted by atomic mass is 32.1. The summed E-state index contributed by atoms with van der Waals surface area (Å²) in [6, 6.07) is 14.8. The number of hydrogen-bond acceptors (Lipinski definition) is 2. The molecule has 0 saturated heterocycles. The summed E-state index contributed by atoms with van der Waals surface area (Å²) >= 11 is 5.69. The van der Waals surface area contributed by atoms with E-state index in [9.17, 15) is 0 Å². The molecule has 1 aromatic heterocycles. The zero-order valence-corrected chi connectivity index (χ0v) is 13.4. The minimum absolute atomic E-state index is 0.531. The van der Waals surface area contributed by atoms with E-state index in [0.717, 1.165) is 17.3 Å². The summed E-state index contributed by atoms with van der Waals surface area (Å²) in [7, 11) is 0. The van der Waals surface area contributed by atoms with E-state index in [1.54, 1.807) is 0 Å². The van der Waals surface area contributed by atoms with Gasteiger partial charge in [0.25, 0.3) is 0 Å². The number of anilines is 1. The van der Waals surface area contributed by atoms with Gasteiger partial charge in [-0.15, -0.1) is 0 Å². The molecular weight excluding hydrogens is 290 g/mol. The van der Waals surface area contributed by atoms with Crippen LogP contribution in [0.15, 0.2) is 54.9 Å². The van der Waals surface area contributed by atoms with Gasteiger partial charge in [-0.25, -0.2) is 0 Å². The lowest BCUT2D eigenvalue weighted by Gasteiger charge is -2.31. The van der Waals surface area contributed by atoms with Crippen LogP contribution in [-0.4, -0.2) is 21.0 Å². The number of para-hydroxylation sites is 1. The summed E-state index contributed by atoms with van der Waals surface area (Å²) in [6.45, 7) is 0.817. The standard InChI is InChI=1S/C18H21N3S/c22-18(20-16-8-2-1-3-9-16)21(17-10-4-5-11-17)14-15-7-6-12-19-13-15/h1-3,6-9,12-13,17H,4-5,10-11,14H2,(H,20,22). The van der Waals surface area contributed by atoms with E-state index in [4.69, 9.17) is 12.2 Å². The third kappa shape index (κ3) is 3.83. The van der Waals surface area contributed by atoms with Gasteiger partial charge in [-0.05, 0) is 48.8 Å². The predicted octanol–water partition coefficient (Wildman–Crippen LogP) is 4.22. The van der Waals surface area contributed by atoms with Crippen LogP contribution >= 0.6 is 12.2 Å². The summed E-state index contributed by atoms with van der Waals surface area (Å²) in [4.78, 5) is 6.54. The van der Waals surface area contributed by atoms with Crippen LogP contribution in [0.3, 0.4) is 0 Å². The van der Waals surface area contributed by atoms with Crippen LogP contribution in [0.2, 0.25) is 0 Å². The Morgan fingerprint density at radius 3 is 2.59 bits per heavy atom. The van der Waals surface area contributed by atoms with Crippen molar-refractivity contribution in [2.24, 2.45) is 0 Å². The third-order valence-electron chi connectivity index (χ3n) is 4.13. The Balaban J connectivity index is 1.74. The molecule has 1 N–H and O–H groups in total. The Morgan fingerprint density at radius 1 is 1.14 bits per heavy atom. The minimum Gasteiger partial charge on any atom is -0.342 e. The number of nitrogens with one attached hydrogen (secondary N) is 1. The quantitative estimate of drug-likeness (QED) is 0.856. The lowest BCUT2D eigenvalue weighted by Crippen LogP contribution is -2.40. The number of hydrogen-bond donors (Lipinski definition) is 1. The van der Waals surface area contributed by atoms with E-state index >= 15 is 0 Å². The van der Waals surface area contributed by atoms with Gasteiger partial charge in [0.1, 0.15) is 0 Å². The molecule has 1 fully saturated rings. The monoisotopic (exact) mass is 311 g/mol. The summed E-state index contributed by atoms with van der Waals surface area (Å²) in [5, 5.41) is 4.18. The van der Waals surface area contributed by atoms with E-state index in [0.29, 0.717) is 6.04 Å². The van der Waals surface area contributed by atoms with Crippen molar-refractivity contribution in [1.29, 1.82) is 0 Å². The van der Waals surface area contributed by atoms with Crippen LogP contribution in [0.25, 0.3) is 0 Å². The van der Waals surface area contributed by atoms with Gasteiger partial charge in [0, 0.05) is 30.7 Å². The van der Waals surface area contributed by atoms with Crippen molar-refractivity contribution in [1.82, 2.24) is 9.88 Å². The first kappa shape index (κ1) is 15.0. The molecule has 0 amide bonds. The molecule has 1 heterocycles. The number of nitrogens with zero attached hydrogens (tertiary/aromatic N) is 2. The van der Waals surface area contributed by atoms with Crippen molar-refractivity contribution in [2.75, 3.05) is 5.32 Å². The molecule has 0 unspecified atom stereocenters. The zero-order chi connectivity index (χ0) is 15.2. The maximum absolute atomic E-state index is 5.69. The molecule has 1 aromatic carbocycles. The largest absolute Gasteiger partial charge is 0.342 e. The highest BCUT2D eigenvalue weighted by Gasteiger charge is 2.24. The number of thiocarbonyl (C=S) groups is 1. The van der Waals surface area contributed by atoms with Gasteiger partial charge in [0.15, 0.2) is 5.11 Å². The Hall–Kier alpha value is -1.94. The van der Waals surface area contributed by atoms with E-state index in [1.165, 1.54) is 31.2 Å². The van der Waals surface area contributed by atoms with Gasteiger partial charge in [0.05, 0.1) is 0 Å². The van der Waals surface area contributed by atoms with Crippen LogP contribution in [0, 0.1) is 0 Å². The Kier molecular flexibility index (Phi) is 5.01. The molecule has 0 bridgehead atoms. The molecule has 0 aliphatic heterocycles. The molecule has 2 aromatic rings. The van der Waals surface area contributed by atoms with Crippen LogP contribution in [0.5, 0.6) is 0 Å². The second kappa shape index (κ2) is 7.36. The Bertz CT molecular complexity index is 594. The van der Waals surface area contributed by atoms with Gasteiger partial charge in [-0.1, -0.05) is 37.1 Å². The van der Waals surface area contributed by atoms with Crippen LogP contribution in [0.1, 0.15) is 31.2 Å². The topological polar surface area (TPSA) is 28.2 Å². The van der Waals surface area contributed by atoms with Gasteiger partial charge < -0.3 is 10.2 Å². The van der Waals surface area contributed by atoms with Crippen LogP contribution in [-0.2, 0) is 6.54 Å². The molecule has 3 rings (SSSR count). The summed E-state index contributed by atoms with van der Waals surface area (Å²) in [6.07, 6.45) is 8.76. The van der Waals surface area contributed by atoms with Crippen molar-refractivity contribution in [2.45, 2.75) is 38.3 Å². The van der Waals surface area contributed by atoms with Crippen molar-refractivity contribution in [3.8, 4) is 0 Å². The lowest BCUT2D eigenvalue weighted by molar-refractivity contribution is 0.312. The van der Waals surface area contributed by atoms with E-state index < -0.39 is 0 Å². The molecule has 0 radical (unpaired) electrons. The second-order valence-corrected chi connectivity index (χ2v) is 6.11. The number of benzene rings is 1. The van der Waals surface area contributed by atoms with Crippen molar-refractivity contribution in [3.63, 3.8) is 0 Å². The molecule has 3 nitrogen and oxygen atoms in total. The first-order valence-electron chi connectivity index (χ1n) is 7.84. The summed E-state index contributed by atoms with van der Waals surface area (Å²) < 4.78 is 0. The van der Waals surface area contributed by atoms with Crippen molar-refractivity contribution in [3.05, 3.63) is 60.4 Å². The molecule has 0 spiro atoms. The minimum atomic E-state index is 0.531. The number of aromatic nitrogens is 1. The van der Waals surface area contributed by atoms with E-state index in [2.05, 4.69) is 21.3 Å². The van der Waals surface area contributed by atoms with Crippen molar-refractivity contribution < 1.29 is 0 Å². The molecular formula is C18H21N3S. The zero-order valence-electron chi connectivity index (χ0n) is 12.6. The highest BCUT2D eigenvalue weighted by Crippen LogP contribution is 2.25. The fraction of sp³-hybridized carbons (Fsp3) is 0.333. The van der Waals surface area contributed by atoms with Gasteiger partial charge in [-0.3, -0.25) is 4.98 Å². The van der Waals surface area contributed by atoms with Gasteiger partial charge in [0.2, 0.25) is 0 Å². The second-order valence-electron chi connectivity index (χ2n) is 5.72. The average molecular weight is 311 g/mol. The van der Waals surface area contributed by atoms with E-state index in [1.807, 2.05) is 48.8 Å². The summed E-state index contributed by atoms with van der Waals surface area (Å²) in [5.74, 6) is 0. The van der Waals surface area contributed by atoms with Gasteiger partial charge >= 0.3 is 0 Å². The van der Waals surface area contributed by atoms with Crippen molar-refractivity contribution >= 4 is 23.0 Å².